The molecular formula is C30H44O3S. The molecule has 188 valence electrons. The highest BCUT2D eigenvalue weighted by Gasteiger charge is 2.64. The molecule has 1 N–H and O–H groups in total. The number of sulfone groups is 1. The van der Waals surface area contributed by atoms with Gasteiger partial charge in [-0.25, -0.2) is 8.42 Å². The van der Waals surface area contributed by atoms with E-state index in [4.69, 9.17) is 0 Å². The van der Waals surface area contributed by atoms with Crippen LogP contribution in [-0.2, 0) is 9.84 Å². The Hall–Kier alpha value is -1.13. The third-order valence-electron chi connectivity index (χ3n) is 11.3. The van der Waals surface area contributed by atoms with Crippen molar-refractivity contribution in [3.05, 3.63) is 42.0 Å². The Kier molecular flexibility index (Phi) is 5.73. The second kappa shape index (κ2) is 7.93. The summed E-state index contributed by atoms with van der Waals surface area (Å²) in [6, 6.07) is 9.00. The van der Waals surface area contributed by atoms with E-state index in [1.54, 1.807) is 12.1 Å². The van der Waals surface area contributed by atoms with Crippen molar-refractivity contribution in [3.8, 4) is 0 Å². The zero-order valence-electron chi connectivity index (χ0n) is 21.8. The average Bonchev–Trinajstić information content (AvgIpc) is 3.13. The fourth-order valence-electron chi connectivity index (χ4n) is 9.62. The first kappa shape index (κ1) is 24.6. The Balaban J connectivity index is 1.40. The quantitative estimate of drug-likeness (QED) is 0.477. The maximum absolute atomic E-state index is 13.2. The van der Waals surface area contributed by atoms with Crippen LogP contribution in [0, 0.1) is 39.9 Å². The highest BCUT2D eigenvalue weighted by Crippen LogP contribution is 2.72. The summed E-state index contributed by atoms with van der Waals surface area (Å²) in [5.74, 6) is 2.18. The average molecular weight is 485 g/mol. The molecule has 0 radical (unpaired) electrons. The summed E-state index contributed by atoms with van der Waals surface area (Å²) in [6.45, 7) is 11.7. The van der Waals surface area contributed by atoms with Crippen molar-refractivity contribution in [1.29, 1.82) is 0 Å². The molecular weight excluding hydrogens is 440 g/mol. The van der Waals surface area contributed by atoms with Gasteiger partial charge in [-0.15, -0.1) is 0 Å². The molecule has 3 fully saturated rings. The van der Waals surface area contributed by atoms with Gasteiger partial charge in [0.25, 0.3) is 0 Å². The summed E-state index contributed by atoms with van der Waals surface area (Å²) in [7, 11) is -3.27. The predicted octanol–water partition coefficient (Wildman–Crippen LogP) is 6.82. The molecule has 1 aromatic carbocycles. The van der Waals surface area contributed by atoms with Crippen molar-refractivity contribution < 1.29 is 13.5 Å². The first-order valence-electron chi connectivity index (χ1n) is 13.5. The SMILES string of the molecule is C[C@H](CS(=O)(=O)c1ccccc1)[C@H]1CC[C@@H]2[C@]1(C)CC[C@H]1[C@@]2(C)CC=C2C[C@@](C)(O)CC[C@@]21C. The fraction of sp³-hybridized carbons (Fsp3) is 0.733. The van der Waals surface area contributed by atoms with Crippen LogP contribution in [0.5, 0.6) is 0 Å². The van der Waals surface area contributed by atoms with Crippen LogP contribution in [0.25, 0.3) is 0 Å². The summed E-state index contributed by atoms with van der Waals surface area (Å²) in [5, 5.41) is 10.8. The van der Waals surface area contributed by atoms with E-state index in [0.717, 1.165) is 32.1 Å². The van der Waals surface area contributed by atoms with Crippen LogP contribution in [0.2, 0.25) is 0 Å². The highest BCUT2D eigenvalue weighted by atomic mass is 32.2. The lowest BCUT2D eigenvalue weighted by atomic mass is 9.41. The molecule has 0 heterocycles. The van der Waals surface area contributed by atoms with Crippen molar-refractivity contribution in [1.82, 2.24) is 0 Å². The van der Waals surface area contributed by atoms with Crippen molar-refractivity contribution in [3.63, 3.8) is 0 Å². The summed E-state index contributed by atoms with van der Waals surface area (Å²) in [5.41, 5.74) is 1.63. The maximum atomic E-state index is 13.2. The Labute approximate surface area is 207 Å². The van der Waals surface area contributed by atoms with Gasteiger partial charge in [0.15, 0.2) is 9.84 Å². The first-order chi connectivity index (χ1) is 15.8. The number of fused-ring (bicyclic) bond motifs is 5. The monoisotopic (exact) mass is 484 g/mol. The van der Waals surface area contributed by atoms with Gasteiger partial charge in [0.2, 0.25) is 0 Å². The van der Waals surface area contributed by atoms with Crippen LogP contribution in [0.4, 0.5) is 0 Å². The Morgan fingerprint density at radius 1 is 0.941 bits per heavy atom. The molecule has 0 spiro atoms. The third-order valence-corrected chi connectivity index (χ3v) is 13.2. The van der Waals surface area contributed by atoms with Gasteiger partial charge in [-0.1, -0.05) is 57.5 Å². The summed E-state index contributed by atoms with van der Waals surface area (Å²) in [4.78, 5) is 0.461. The number of hydrogen-bond acceptors (Lipinski definition) is 3. The molecule has 3 nitrogen and oxygen atoms in total. The predicted molar refractivity (Wildman–Crippen MR) is 138 cm³/mol. The van der Waals surface area contributed by atoms with Gasteiger partial charge in [0.05, 0.1) is 16.2 Å². The van der Waals surface area contributed by atoms with Gasteiger partial charge in [-0.05, 0) is 110 Å². The molecule has 3 saturated carbocycles. The lowest BCUT2D eigenvalue weighted by Crippen LogP contribution is -2.57. The minimum absolute atomic E-state index is 0.162. The minimum atomic E-state index is -3.27. The molecule has 0 aliphatic heterocycles. The number of rotatable bonds is 4. The van der Waals surface area contributed by atoms with Gasteiger partial charge in [-0.2, -0.15) is 0 Å². The van der Waals surface area contributed by atoms with E-state index < -0.39 is 15.4 Å². The number of aliphatic hydroxyl groups is 1. The van der Waals surface area contributed by atoms with Gasteiger partial charge < -0.3 is 5.11 Å². The topological polar surface area (TPSA) is 54.4 Å². The first-order valence-corrected chi connectivity index (χ1v) is 15.2. The fourth-order valence-corrected chi connectivity index (χ4v) is 11.3. The number of benzene rings is 1. The van der Waals surface area contributed by atoms with Crippen LogP contribution in [0.3, 0.4) is 0 Å². The molecule has 4 aliphatic rings. The lowest BCUT2D eigenvalue weighted by molar-refractivity contribution is -0.120. The van der Waals surface area contributed by atoms with Gasteiger partial charge in [-0.3, -0.25) is 0 Å². The van der Waals surface area contributed by atoms with Gasteiger partial charge in [0.1, 0.15) is 0 Å². The van der Waals surface area contributed by atoms with E-state index in [0.29, 0.717) is 22.6 Å². The molecule has 0 unspecified atom stereocenters. The second-order valence-corrected chi connectivity index (χ2v) is 15.5. The van der Waals surface area contributed by atoms with Crippen LogP contribution < -0.4 is 0 Å². The van der Waals surface area contributed by atoms with Crippen LogP contribution in [0.15, 0.2) is 46.9 Å². The zero-order valence-corrected chi connectivity index (χ0v) is 22.6. The Morgan fingerprint density at radius 3 is 2.35 bits per heavy atom. The van der Waals surface area contributed by atoms with E-state index in [1.165, 1.54) is 24.8 Å². The largest absolute Gasteiger partial charge is 0.390 e. The molecule has 0 bridgehead atoms. The van der Waals surface area contributed by atoms with Crippen LogP contribution in [-0.4, -0.2) is 24.9 Å². The third kappa shape index (κ3) is 3.65. The molecule has 4 heteroatoms. The van der Waals surface area contributed by atoms with Gasteiger partial charge >= 0.3 is 0 Å². The van der Waals surface area contributed by atoms with Crippen molar-refractivity contribution in [2.75, 3.05) is 5.75 Å². The van der Waals surface area contributed by atoms with Gasteiger partial charge in [0, 0.05) is 0 Å². The highest BCUT2D eigenvalue weighted by molar-refractivity contribution is 7.91. The standard InChI is InChI=1S/C30H44O3S/c1-21(20-34(32,33)23-9-7-6-8-10-23)24-11-12-25-29(24,4)16-14-26-28(3)18-17-27(2,31)19-22(28)13-15-30(25,26)5/h6-10,13,21,24-26,31H,11-12,14-20H2,1-5H3/t21-,24-,25-,26-,27+,28+,29-,30+/m1/s1. The zero-order chi connectivity index (χ0) is 24.6. The molecule has 5 rings (SSSR count). The molecule has 1 aromatic rings. The lowest BCUT2D eigenvalue weighted by Gasteiger charge is -2.64. The van der Waals surface area contributed by atoms with E-state index in [9.17, 15) is 13.5 Å². The summed E-state index contributed by atoms with van der Waals surface area (Å²) < 4.78 is 26.4. The summed E-state index contributed by atoms with van der Waals surface area (Å²) in [6.07, 6.45) is 11.2. The smallest absolute Gasteiger partial charge is 0.178 e. The molecule has 0 aromatic heterocycles. The molecule has 4 aliphatic carbocycles. The molecule has 34 heavy (non-hydrogen) atoms. The molecule has 0 amide bonds. The molecule has 8 atom stereocenters. The van der Waals surface area contributed by atoms with Crippen LogP contribution >= 0.6 is 0 Å². The van der Waals surface area contributed by atoms with Crippen molar-refractivity contribution >= 4 is 9.84 Å². The number of allylic oxidation sites excluding steroid dienone is 1. The maximum Gasteiger partial charge on any atom is 0.178 e. The number of hydrogen-bond donors (Lipinski definition) is 1. The molecule has 0 saturated heterocycles. The van der Waals surface area contributed by atoms with E-state index in [-0.39, 0.29) is 27.9 Å². The van der Waals surface area contributed by atoms with Crippen LogP contribution in [0.1, 0.15) is 86.0 Å². The summed E-state index contributed by atoms with van der Waals surface area (Å²) >= 11 is 0. The van der Waals surface area contributed by atoms with E-state index in [1.807, 2.05) is 25.1 Å². The Morgan fingerprint density at radius 2 is 1.65 bits per heavy atom. The van der Waals surface area contributed by atoms with E-state index in [2.05, 4.69) is 33.8 Å². The second-order valence-electron chi connectivity index (χ2n) is 13.4. The van der Waals surface area contributed by atoms with Crippen molar-refractivity contribution in [2.45, 2.75) is 96.5 Å². The minimum Gasteiger partial charge on any atom is -0.390 e. The van der Waals surface area contributed by atoms with E-state index >= 15 is 0 Å². The Bertz CT molecular complexity index is 1070. The van der Waals surface area contributed by atoms with Crippen molar-refractivity contribution in [2.24, 2.45) is 39.9 Å². The normalized spacial score (nSPS) is 45.0.